The summed E-state index contributed by atoms with van der Waals surface area (Å²) in [4.78, 5) is 12.8. The number of piperidine rings is 1. The van der Waals surface area contributed by atoms with Crippen LogP contribution in [0.25, 0.3) is 0 Å². The van der Waals surface area contributed by atoms with E-state index >= 15 is 0 Å². The van der Waals surface area contributed by atoms with Crippen LogP contribution >= 0.6 is 24.0 Å². The minimum Gasteiger partial charge on any atom is -0.381 e. The van der Waals surface area contributed by atoms with Crippen molar-refractivity contribution in [3.05, 3.63) is 34.9 Å². The first-order valence-electron chi connectivity index (χ1n) is 9.46. The zero-order valence-corrected chi connectivity index (χ0v) is 16.6. The number of carbonyl (C=O) groups excluding carboxylic acids is 1. The van der Waals surface area contributed by atoms with Crippen LogP contribution in [0.4, 0.5) is 0 Å². The number of nitrogens with one attached hydrogen (secondary N) is 2. The molecule has 2 heterocycles. The highest BCUT2D eigenvalue weighted by Crippen LogP contribution is 2.58. The van der Waals surface area contributed by atoms with Gasteiger partial charge in [0.05, 0.1) is 0 Å². The van der Waals surface area contributed by atoms with Gasteiger partial charge < -0.3 is 15.4 Å². The van der Waals surface area contributed by atoms with Gasteiger partial charge in [-0.15, -0.1) is 12.4 Å². The Bertz CT molecular complexity index is 623. The van der Waals surface area contributed by atoms with E-state index < -0.39 is 0 Å². The predicted octanol–water partition coefficient (Wildman–Crippen LogP) is 3.32. The first-order valence-corrected chi connectivity index (χ1v) is 9.84. The fourth-order valence-corrected chi connectivity index (χ4v) is 4.83. The van der Waals surface area contributed by atoms with Crippen molar-refractivity contribution in [2.75, 3.05) is 32.8 Å². The molecule has 144 valence electrons. The molecule has 1 unspecified atom stereocenters. The van der Waals surface area contributed by atoms with Crippen LogP contribution in [0, 0.1) is 11.3 Å². The van der Waals surface area contributed by atoms with Crippen molar-refractivity contribution in [2.45, 2.75) is 37.5 Å². The maximum Gasteiger partial charge on any atom is 0.223 e. The third-order valence-corrected chi connectivity index (χ3v) is 6.87. The lowest BCUT2D eigenvalue weighted by Crippen LogP contribution is -2.45. The van der Waals surface area contributed by atoms with Gasteiger partial charge in [0.25, 0.3) is 0 Å². The molecule has 6 heteroatoms. The third kappa shape index (κ3) is 3.89. The number of hydrogen-bond acceptors (Lipinski definition) is 3. The average molecular weight is 399 g/mol. The van der Waals surface area contributed by atoms with E-state index in [-0.39, 0.29) is 29.6 Å². The van der Waals surface area contributed by atoms with Gasteiger partial charge in [-0.1, -0.05) is 23.7 Å². The SMILES string of the molecule is Cl.O=C(NCC1(c2ccc(Cl)cc2)CCOCC1)C1CC12CCNCC2. The van der Waals surface area contributed by atoms with Gasteiger partial charge in [0.2, 0.25) is 5.91 Å². The van der Waals surface area contributed by atoms with Gasteiger partial charge in [-0.2, -0.15) is 0 Å². The fraction of sp³-hybridized carbons (Fsp3) is 0.650. The lowest BCUT2D eigenvalue weighted by Gasteiger charge is -2.38. The van der Waals surface area contributed by atoms with Gasteiger partial charge in [0, 0.05) is 36.1 Å². The number of carbonyl (C=O) groups is 1. The monoisotopic (exact) mass is 398 g/mol. The Morgan fingerprint density at radius 1 is 1.15 bits per heavy atom. The van der Waals surface area contributed by atoms with Crippen LogP contribution in [0.5, 0.6) is 0 Å². The Morgan fingerprint density at radius 2 is 1.81 bits per heavy atom. The van der Waals surface area contributed by atoms with Crippen molar-refractivity contribution in [3.8, 4) is 0 Å². The van der Waals surface area contributed by atoms with E-state index in [9.17, 15) is 4.79 Å². The molecule has 1 atom stereocenters. The van der Waals surface area contributed by atoms with Crippen LogP contribution in [0.15, 0.2) is 24.3 Å². The Kier molecular flexibility index (Phi) is 6.18. The second-order valence-electron chi connectivity index (χ2n) is 7.99. The molecule has 1 aromatic carbocycles. The molecular weight excluding hydrogens is 371 g/mol. The molecule has 0 bridgehead atoms. The molecular formula is C20H28Cl2N2O2. The molecule has 2 saturated heterocycles. The van der Waals surface area contributed by atoms with Crippen molar-refractivity contribution in [1.29, 1.82) is 0 Å². The Labute approximate surface area is 166 Å². The molecule has 1 aliphatic carbocycles. The van der Waals surface area contributed by atoms with Crippen LogP contribution < -0.4 is 10.6 Å². The minimum atomic E-state index is -0.0331. The van der Waals surface area contributed by atoms with Crippen molar-refractivity contribution in [2.24, 2.45) is 11.3 Å². The predicted molar refractivity (Wildman–Crippen MR) is 106 cm³/mol. The van der Waals surface area contributed by atoms with Crippen LogP contribution in [0.3, 0.4) is 0 Å². The summed E-state index contributed by atoms with van der Waals surface area (Å²) in [6, 6.07) is 8.10. The Balaban J connectivity index is 0.00000196. The topological polar surface area (TPSA) is 50.4 Å². The molecule has 0 aromatic heterocycles. The maximum atomic E-state index is 12.8. The number of rotatable bonds is 4. The molecule has 0 radical (unpaired) electrons. The van der Waals surface area contributed by atoms with Crippen molar-refractivity contribution < 1.29 is 9.53 Å². The summed E-state index contributed by atoms with van der Waals surface area (Å²) in [6.45, 7) is 4.29. The smallest absolute Gasteiger partial charge is 0.223 e. The van der Waals surface area contributed by atoms with Gasteiger partial charge in [-0.3, -0.25) is 4.79 Å². The maximum absolute atomic E-state index is 12.8. The van der Waals surface area contributed by atoms with Crippen molar-refractivity contribution >= 4 is 29.9 Å². The normalized spacial score (nSPS) is 26.0. The van der Waals surface area contributed by atoms with E-state index in [0.717, 1.165) is 63.4 Å². The largest absolute Gasteiger partial charge is 0.381 e. The van der Waals surface area contributed by atoms with Gasteiger partial charge in [0.1, 0.15) is 0 Å². The number of ether oxygens (including phenoxy) is 1. The number of amides is 1. The van der Waals surface area contributed by atoms with E-state index in [2.05, 4.69) is 22.8 Å². The highest BCUT2D eigenvalue weighted by atomic mass is 35.5. The standard InChI is InChI=1S/C20H27ClN2O2.ClH/c21-16-3-1-15(2-4-16)20(7-11-25-12-8-20)14-23-18(24)17-13-19(17)5-9-22-10-6-19;/h1-4,17,22H,5-14H2,(H,23,24);1H. The van der Waals surface area contributed by atoms with Crippen LogP contribution in [0.1, 0.15) is 37.7 Å². The molecule has 3 aliphatic rings. The van der Waals surface area contributed by atoms with E-state index in [1.54, 1.807) is 0 Å². The molecule has 1 saturated carbocycles. The second kappa shape index (κ2) is 8.05. The summed E-state index contributed by atoms with van der Waals surface area (Å²) in [6.07, 6.45) is 5.23. The average Bonchev–Trinajstić information content (AvgIpc) is 3.34. The molecule has 1 spiro atoms. The molecule has 4 rings (SSSR count). The van der Waals surface area contributed by atoms with E-state index in [0.29, 0.717) is 12.0 Å². The van der Waals surface area contributed by atoms with Crippen LogP contribution in [0.2, 0.25) is 5.02 Å². The number of halogens is 2. The molecule has 4 nitrogen and oxygen atoms in total. The summed E-state index contributed by atoms with van der Waals surface area (Å²) >= 11 is 6.06. The summed E-state index contributed by atoms with van der Waals surface area (Å²) in [5.74, 6) is 0.471. The summed E-state index contributed by atoms with van der Waals surface area (Å²) in [5.41, 5.74) is 1.51. The van der Waals surface area contributed by atoms with Crippen molar-refractivity contribution in [1.82, 2.24) is 10.6 Å². The molecule has 3 fully saturated rings. The van der Waals surface area contributed by atoms with Gasteiger partial charge in [0.15, 0.2) is 0 Å². The van der Waals surface area contributed by atoms with Crippen LogP contribution in [-0.4, -0.2) is 38.8 Å². The first-order chi connectivity index (χ1) is 12.1. The van der Waals surface area contributed by atoms with Crippen molar-refractivity contribution in [3.63, 3.8) is 0 Å². The molecule has 26 heavy (non-hydrogen) atoms. The van der Waals surface area contributed by atoms with Gasteiger partial charge >= 0.3 is 0 Å². The molecule has 1 aromatic rings. The van der Waals surface area contributed by atoms with E-state index in [1.165, 1.54) is 5.56 Å². The lowest BCUT2D eigenvalue weighted by atomic mass is 9.74. The quantitative estimate of drug-likeness (QED) is 0.817. The highest BCUT2D eigenvalue weighted by Gasteiger charge is 2.57. The van der Waals surface area contributed by atoms with Crippen LogP contribution in [-0.2, 0) is 14.9 Å². The second-order valence-corrected chi connectivity index (χ2v) is 8.42. The highest BCUT2D eigenvalue weighted by molar-refractivity contribution is 6.30. The minimum absolute atomic E-state index is 0. The zero-order chi connectivity index (χ0) is 17.3. The molecule has 2 aliphatic heterocycles. The van der Waals surface area contributed by atoms with E-state index in [4.69, 9.17) is 16.3 Å². The van der Waals surface area contributed by atoms with E-state index in [1.807, 2.05) is 12.1 Å². The van der Waals surface area contributed by atoms with Gasteiger partial charge in [-0.25, -0.2) is 0 Å². The number of hydrogen-bond donors (Lipinski definition) is 2. The lowest BCUT2D eigenvalue weighted by molar-refractivity contribution is -0.123. The Hall–Kier alpha value is -0.810. The van der Waals surface area contributed by atoms with Gasteiger partial charge in [-0.05, 0) is 68.3 Å². The number of benzene rings is 1. The zero-order valence-electron chi connectivity index (χ0n) is 15.1. The summed E-state index contributed by atoms with van der Waals surface area (Å²) in [7, 11) is 0. The fourth-order valence-electron chi connectivity index (χ4n) is 4.71. The Morgan fingerprint density at radius 3 is 2.46 bits per heavy atom. The third-order valence-electron chi connectivity index (χ3n) is 6.61. The summed E-state index contributed by atoms with van der Waals surface area (Å²) in [5, 5.41) is 7.44. The molecule has 1 amide bonds. The summed E-state index contributed by atoms with van der Waals surface area (Å²) < 4.78 is 5.58. The molecule has 2 N–H and O–H groups in total. The first kappa shape index (κ1) is 19.9.